The van der Waals surface area contributed by atoms with Crippen LogP contribution in [0, 0.1) is 18.2 Å². The molecule has 2 heterocycles. The smallest absolute Gasteiger partial charge is 0.257 e. The maximum atomic E-state index is 13.7. The van der Waals surface area contributed by atoms with Crippen LogP contribution in [0.5, 0.6) is 0 Å². The summed E-state index contributed by atoms with van der Waals surface area (Å²) in [6, 6.07) is 14.1. The summed E-state index contributed by atoms with van der Waals surface area (Å²) in [7, 11) is 0. The number of fused-ring (bicyclic) bond motifs is 1. The van der Waals surface area contributed by atoms with Crippen LogP contribution in [0.2, 0.25) is 0 Å². The van der Waals surface area contributed by atoms with Crippen LogP contribution >= 0.6 is 11.8 Å². The minimum Gasteiger partial charge on any atom is -0.343 e. The number of aryl methyl sites for hydroxylation is 1. The van der Waals surface area contributed by atoms with Crippen molar-refractivity contribution in [1.82, 2.24) is 9.97 Å². The van der Waals surface area contributed by atoms with Crippen LogP contribution in [0.15, 0.2) is 69.8 Å². The Morgan fingerprint density at radius 1 is 1.09 bits per heavy atom. The number of allylic oxidation sites excluding steroid dienone is 2. The molecule has 2 aromatic carbocycles. The lowest BCUT2D eigenvalue weighted by Gasteiger charge is -2.38. The molecule has 7 heteroatoms. The monoisotopic (exact) mass is 475 g/mol. The van der Waals surface area contributed by atoms with Crippen molar-refractivity contribution in [2.75, 3.05) is 5.32 Å². The number of nitrogens with zero attached hydrogens (tertiary/aromatic N) is 1. The summed E-state index contributed by atoms with van der Waals surface area (Å²) in [6.45, 7) is 6.19. The van der Waals surface area contributed by atoms with Gasteiger partial charge in [-0.2, -0.15) is 0 Å². The molecule has 0 radical (unpaired) electrons. The van der Waals surface area contributed by atoms with E-state index in [2.05, 4.69) is 43.2 Å². The average molecular weight is 476 g/mol. The number of benzene rings is 2. The number of hydrogen-bond donors (Lipinski definition) is 2. The molecule has 0 saturated heterocycles. The zero-order valence-corrected chi connectivity index (χ0v) is 20.2. The Kier molecular flexibility index (Phi) is 5.68. The molecule has 0 fully saturated rings. The molecule has 1 aliphatic heterocycles. The normalized spacial score (nSPS) is 18.8. The summed E-state index contributed by atoms with van der Waals surface area (Å²) in [5.74, 6) is 0.209. The summed E-state index contributed by atoms with van der Waals surface area (Å²) >= 11 is 1.46. The molecule has 0 bridgehead atoms. The Morgan fingerprint density at radius 2 is 1.82 bits per heavy atom. The van der Waals surface area contributed by atoms with Crippen LogP contribution in [0.4, 0.5) is 10.2 Å². The third-order valence-corrected chi connectivity index (χ3v) is 7.45. The van der Waals surface area contributed by atoms with E-state index in [1.807, 2.05) is 12.1 Å². The number of halogens is 1. The molecule has 174 valence electrons. The minimum atomic E-state index is -0.581. The molecule has 2 aliphatic rings. The molecular formula is C27H26FN3O2S. The standard InChI is InChI=1S/C27H26FN3O2S/c1-15-6-4-5-7-17(15)14-34-26-30-24-23(25(33)31-26)21(16-8-10-18(28)11-9-16)22-19(29-24)12-27(2,3)13-20(22)32/h4-11,21H,12-14H2,1-3H3,(H2,29,30,31,33)/t21-/m1/s1. The van der Waals surface area contributed by atoms with Crippen molar-refractivity contribution in [2.24, 2.45) is 5.41 Å². The quantitative estimate of drug-likeness (QED) is 0.373. The number of nitrogens with one attached hydrogen (secondary N) is 2. The largest absolute Gasteiger partial charge is 0.343 e. The van der Waals surface area contributed by atoms with Gasteiger partial charge in [0.25, 0.3) is 5.56 Å². The molecule has 34 heavy (non-hydrogen) atoms. The number of rotatable bonds is 4. The Balaban J connectivity index is 1.59. The van der Waals surface area contributed by atoms with E-state index in [1.54, 1.807) is 12.1 Å². The minimum absolute atomic E-state index is 0.0103. The van der Waals surface area contributed by atoms with E-state index < -0.39 is 5.92 Å². The van der Waals surface area contributed by atoms with E-state index in [4.69, 9.17) is 4.98 Å². The second kappa shape index (κ2) is 8.55. The molecule has 1 atom stereocenters. The van der Waals surface area contributed by atoms with E-state index in [0.29, 0.717) is 46.3 Å². The summed E-state index contributed by atoms with van der Waals surface area (Å²) < 4.78 is 13.7. The Morgan fingerprint density at radius 3 is 2.56 bits per heavy atom. The first-order chi connectivity index (χ1) is 16.2. The number of ketones is 1. The lowest BCUT2D eigenvalue weighted by atomic mass is 9.69. The van der Waals surface area contributed by atoms with Crippen LogP contribution in [-0.2, 0) is 10.5 Å². The first-order valence-corrected chi connectivity index (χ1v) is 12.3. The summed E-state index contributed by atoms with van der Waals surface area (Å²) in [6.07, 6.45) is 1.07. The van der Waals surface area contributed by atoms with E-state index >= 15 is 0 Å². The molecule has 0 amide bonds. The zero-order chi connectivity index (χ0) is 24.0. The average Bonchev–Trinajstić information content (AvgIpc) is 2.77. The molecule has 1 aliphatic carbocycles. The van der Waals surface area contributed by atoms with Gasteiger partial charge in [-0.25, -0.2) is 9.37 Å². The number of thioether (sulfide) groups is 1. The molecule has 5 rings (SSSR count). The number of aromatic amines is 1. The van der Waals surface area contributed by atoms with Gasteiger partial charge >= 0.3 is 0 Å². The van der Waals surface area contributed by atoms with Crippen LogP contribution < -0.4 is 10.9 Å². The Bertz CT molecular complexity index is 1380. The van der Waals surface area contributed by atoms with Crippen LogP contribution in [0.3, 0.4) is 0 Å². The number of carbonyl (C=O) groups is 1. The van der Waals surface area contributed by atoms with Gasteiger partial charge in [0.15, 0.2) is 10.9 Å². The van der Waals surface area contributed by atoms with Gasteiger partial charge in [-0.1, -0.05) is 62.0 Å². The fourth-order valence-electron chi connectivity index (χ4n) is 4.87. The van der Waals surface area contributed by atoms with E-state index in [1.165, 1.54) is 35.0 Å². The Hall–Kier alpha value is -3.19. The van der Waals surface area contributed by atoms with Gasteiger partial charge in [-0.05, 0) is 47.6 Å². The first-order valence-electron chi connectivity index (χ1n) is 11.3. The van der Waals surface area contributed by atoms with Gasteiger partial charge in [0.05, 0.1) is 5.56 Å². The third kappa shape index (κ3) is 4.20. The molecule has 3 aromatic rings. The van der Waals surface area contributed by atoms with Crippen LogP contribution in [0.25, 0.3) is 0 Å². The number of hydrogen-bond acceptors (Lipinski definition) is 5. The molecule has 5 nitrogen and oxygen atoms in total. The second-order valence-electron chi connectivity index (χ2n) is 9.79. The number of Topliss-reactive ketones (excluding diaryl/α,β-unsaturated/α-hetero) is 1. The van der Waals surface area contributed by atoms with Crippen molar-refractivity contribution >= 4 is 23.4 Å². The predicted molar refractivity (Wildman–Crippen MR) is 133 cm³/mol. The van der Waals surface area contributed by atoms with Gasteiger partial charge in [-0.3, -0.25) is 9.59 Å². The fraction of sp³-hybridized carbons (Fsp3) is 0.296. The van der Waals surface area contributed by atoms with Crippen LogP contribution in [-0.4, -0.2) is 15.8 Å². The van der Waals surface area contributed by atoms with Gasteiger partial charge < -0.3 is 10.3 Å². The predicted octanol–water partition coefficient (Wildman–Crippen LogP) is 5.71. The van der Waals surface area contributed by atoms with E-state index in [0.717, 1.165) is 5.70 Å². The SMILES string of the molecule is Cc1ccccc1CSc1nc2c(c(=O)[nH]1)[C@H](c1ccc(F)cc1)C1=C(CC(C)(C)CC1=O)N2. The highest BCUT2D eigenvalue weighted by atomic mass is 32.2. The molecule has 0 unspecified atom stereocenters. The van der Waals surface area contributed by atoms with Crippen LogP contribution in [0.1, 0.15) is 54.9 Å². The summed E-state index contributed by atoms with van der Waals surface area (Å²) in [5.41, 5.74) is 4.37. The van der Waals surface area contributed by atoms with Crippen molar-refractivity contribution in [3.05, 3.63) is 98.2 Å². The van der Waals surface area contributed by atoms with Crippen molar-refractivity contribution in [3.8, 4) is 0 Å². The first kappa shape index (κ1) is 22.6. The van der Waals surface area contributed by atoms with Gasteiger partial charge in [0, 0.05) is 29.4 Å². The highest BCUT2D eigenvalue weighted by Crippen LogP contribution is 2.47. The third-order valence-electron chi connectivity index (χ3n) is 6.53. The molecule has 2 N–H and O–H groups in total. The number of carbonyl (C=O) groups excluding carboxylic acids is 1. The van der Waals surface area contributed by atoms with Crippen molar-refractivity contribution in [1.29, 1.82) is 0 Å². The maximum absolute atomic E-state index is 13.7. The summed E-state index contributed by atoms with van der Waals surface area (Å²) in [4.78, 5) is 34.3. The fourth-order valence-corrected chi connectivity index (χ4v) is 5.81. The highest BCUT2D eigenvalue weighted by molar-refractivity contribution is 7.98. The lowest BCUT2D eigenvalue weighted by Crippen LogP contribution is -2.37. The Labute approximate surface area is 201 Å². The van der Waals surface area contributed by atoms with E-state index in [9.17, 15) is 14.0 Å². The molecule has 0 spiro atoms. The molecular weight excluding hydrogens is 449 g/mol. The van der Waals surface area contributed by atoms with Gasteiger partial charge in [0.2, 0.25) is 0 Å². The molecule has 1 aromatic heterocycles. The van der Waals surface area contributed by atoms with Crippen molar-refractivity contribution in [3.63, 3.8) is 0 Å². The van der Waals surface area contributed by atoms with E-state index in [-0.39, 0.29) is 22.6 Å². The summed E-state index contributed by atoms with van der Waals surface area (Å²) in [5, 5.41) is 3.84. The number of H-pyrrole nitrogens is 1. The zero-order valence-electron chi connectivity index (χ0n) is 19.4. The number of aromatic nitrogens is 2. The number of anilines is 1. The van der Waals surface area contributed by atoms with Crippen molar-refractivity contribution < 1.29 is 9.18 Å². The topological polar surface area (TPSA) is 74.8 Å². The van der Waals surface area contributed by atoms with Gasteiger partial charge in [-0.15, -0.1) is 0 Å². The maximum Gasteiger partial charge on any atom is 0.257 e. The lowest BCUT2D eigenvalue weighted by molar-refractivity contribution is -0.118. The van der Waals surface area contributed by atoms with Crippen molar-refractivity contribution in [2.45, 2.75) is 50.4 Å². The highest BCUT2D eigenvalue weighted by Gasteiger charge is 2.42. The second-order valence-corrected chi connectivity index (χ2v) is 10.8. The van der Waals surface area contributed by atoms with Gasteiger partial charge in [0.1, 0.15) is 11.6 Å². The molecule has 0 saturated carbocycles.